The van der Waals surface area contributed by atoms with Crippen molar-refractivity contribution in [1.29, 1.82) is 0 Å². The third-order valence-electron chi connectivity index (χ3n) is 3.70. The fourth-order valence-electron chi connectivity index (χ4n) is 2.53. The summed E-state index contributed by atoms with van der Waals surface area (Å²) in [6.07, 6.45) is -0.915. The molecule has 0 aromatic heterocycles. The van der Waals surface area contributed by atoms with Crippen LogP contribution in [-0.4, -0.2) is 67.2 Å². The molecule has 132 valence electrons. The number of nitrogens with zero attached hydrogens (tertiary/aromatic N) is 2. The van der Waals surface area contributed by atoms with E-state index in [0.29, 0.717) is 17.3 Å². The van der Waals surface area contributed by atoms with Gasteiger partial charge in [-0.25, -0.2) is 9.59 Å². The molecule has 2 aliphatic heterocycles. The van der Waals surface area contributed by atoms with E-state index in [1.165, 1.54) is 4.90 Å². The number of hydrogen-bond acceptors (Lipinski definition) is 6. The molecule has 0 aromatic rings. The Morgan fingerprint density at radius 1 is 1.35 bits per heavy atom. The second kappa shape index (κ2) is 6.16. The molecule has 2 atom stereocenters. The predicted octanol–water partition coefficient (Wildman–Crippen LogP) is 0.671. The molecule has 0 aromatic carbocycles. The van der Waals surface area contributed by atoms with Crippen molar-refractivity contribution in [2.75, 3.05) is 19.7 Å². The molecule has 2 rings (SSSR count). The highest BCUT2D eigenvalue weighted by molar-refractivity contribution is 7.87. The summed E-state index contributed by atoms with van der Waals surface area (Å²) >= 11 is 0. The van der Waals surface area contributed by atoms with Crippen LogP contribution in [0.3, 0.4) is 0 Å². The van der Waals surface area contributed by atoms with Gasteiger partial charge in [-0.15, -0.1) is 0 Å². The third-order valence-corrected chi connectivity index (χ3v) is 5.21. The maximum Gasteiger partial charge on any atom is 0.424 e. The molecule has 23 heavy (non-hydrogen) atoms. The lowest BCUT2D eigenvalue weighted by molar-refractivity contribution is 0.0231. The van der Waals surface area contributed by atoms with Crippen LogP contribution in [0.15, 0.2) is 0 Å². The SMILES string of the molecule is C[C@H]1C(NS(=O)(=O)N2CCOC2=O)CCN1C(=O)OC(C)(C)C. The van der Waals surface area contributed by atoms with Crippen LogP contribution in [0.5, 0.6) is 0 Å². The smallest absolute Gasteiger partial charge is 0.424 e. The number of carbonyl (C=O) groups excluding carboxylic acids is 2. The maximum absolute atomic E-state index is 12.2. The van der Waals surface area contributed by atoms with Crippen molar-refractivity contribution in [2.45, 2.75) is 51.8 Å². The lowest BCUT2D eigenvalue weighted by Gasteiger charge is -2.29. The number of nitrogens with one attached hydrogen (secondary N) is 1. The van der Waals surface area contributed by atoms with Gasteiger partial charge in [0.2, 0.25) is 0 Å². The Morgan fingerprint density at radius 3 is 2.52 bits per heavy atom. The maximum atomic E-state index is 12.2. The monoisotopic (exact) mass is 349 g/mol. The van der Waals surface area contributed by atoms with Gasteiger partial charge in [0.15, 0.2) is 0 Å². The van der Waals surface area contributed by atoms with Crippen molar-refractivity contribution in [1.82, 2.24) is 13.9 Å². The Labute approximate surface area is 136 Å². The van der Waals surface area contributed by atoms with Crippen LogP contribution in [-0.2, 0) is 19.7 Å². The molecule has 2 aliphatic rings. The van der Waals surface area contributed by atoms with Gasteiger partial charge in [0.1, 0.15) is 12.2 Å². The van der Waals surface area contributed by atoms with Gasteiger partial charge in [-0.1, -0.05) is 0 Å². The molecule has 0 bridgehead atoms. The van der Waals surface area contributed by atoms with Gasteiger partial charge in [0.05, 0.1) is 6.54 Å². The van der Waals surface area contributed by atoms with Crippen molar-refractivity contribution < 1.29 is 27.5 Å². The Morgan fingerprint density at radius 2 is 2.00 bits per heavy atom. The summed E-state index contributed by atoms with van der Waals surface area (Å²) in [6.45, 7) is 7.47. The quantitative estimate of drug-likeness (QED) is 0.803. The number of amides is 2. The van der Waals surface area contributed by atoms with E-state index in [0.717, 1.165) is 0 Å². The first-order chi connectivity index (χ1) is 10.5. The summed E-state index contributed by atoms with van der Waals surface area (Å²) in [7, 11) is -3.98. The molecule has 9 nitrogen and oxygen atoms in total. The average Bonchev–Trinajstić information content (AvgIpc) is 2.95. The molecular formula is C13H23N3O6S. The van der Waals surface area contributed by atoms with Crippen LogP contribution in [0.2, 0.25) is 0 Å². The van der Waals surface area contributed by atoms with Crippen LogP contribution in [0.4, 0.5) is 9.59 Å². The van der Waals surface area contributed by atoms with Gasteiger partial charge in [-0.3, -0.25) is 0 Å². The Balaban J connectivity index is 2.00. The normalized spacial score (nSPS) is 25.7. The summed E-state index contributed by atoms with van der Waals surface area (Å²) in [5.74, 6) is 0. The second-order valence-corrected chi connectivity index (χ2v) is 8.25. The van der Waals surface area contributed by atoms with Gasteiger partial charge in [-0.2, -0.15) is 17.4 Å². The molecule has 2 heterocycles. The Kier molecular flexibility index (Phi) is 4.76. The molecule has 10 heteroatoms. The summed E-state index contributed by atoms with van der Waals surface area (Å²) in [5, 5.41) is 0. The summed E-state index contributed by atoms with van der Waals surface area (Å²) in [6, 6.07) is -0.862. The molecule has 0 spiro atoms. The first kappa shape index (κ1) is 17.8. The van der Waals surface area contributed by atoms with E-state index in [-0.39, 0.29) is 19.2 Å². The molecule has 0 aliphatic carbocycles. The molecule has 0 radical (unpaired) electrons. The van der Waals surface area contributed by atoms with E-state index in [1.54, 1.807) is 27.7 Å². The van der Waals surface area contributed by atoms with Crippen LogP contribution >= 0.6 is 0 Å². The summed E-state index contributed by atoms with van der Waals surface area (Å²) in [4.78, 5) is 25.0. The molecule has 2 fully saturated rings. The molecule has 2 amide bonds. The summed E-state index contributed by atoms with van der Waals surface area (Å²) < 4.78 is 37.5. The minimum atomic E-state index is -3.98. The minimum Gasteiger partial charge on any atom is -0.447 e. The van der Waals surface area contributed by atoms with E-state index in [2.05, 4.69) is 9.46 Å². The van der Waals surface area contributed by atoms with E-state index >= 15 is 0 Å². The van der Waals surface area contributed by atoms with Gasteiger partial charge in [-0.05, 0) is 34.1 Å². The number of carbonyl (C=O) groups is 2. The van der Waals surface area contributed by atoms with Crippen molar-refractivity contribution in [3.63, 3.8) is 0 Å². The van der Waals surface area contributed by atoms with E-state index in [9.17, 15) is 18.0 Å². The van der Waals surface area contributed by atoms with E-state index in [4.69, 9.17) is 4.74 Å². The van der Waals surface area contributed by atoms with Gasteiger partial charge >= 0.3 is 22.4 Å². The fraction of sp³-hybridized carbons (Fsp3) is 0.846. The summed E-state index contributed by atoms with van der Waals surface area (Å²) in [5.41, 5.74) is -0.617. The van der Waals surface area contributed by atoms with Crippen LogP contribution in [0.1, 0.15) is 34.1 Å². The minimum absolute atomic E-state index is 0.00888. The number of rotatable bonds is 3. The van der Waals surface area contributed by atoms with E-state index < -0.39 is 34.0 Å². The van der Waals surface area contributed by atoms with Gasteiger partial charge < -0.3 is 14.4 Å². The largest absolute Gasteiger partial charge is 0.447 e. The third kappa shape index (κ3) is 4.05. The first-order valence-corrected chi connectivity index (χ1v) is 8.91. The first-order valence-electron chi connectivity index (χ1n) is 7.47. The van der Waals surface area contributed by atoms with Gasteiger partial charge in [0, 0.05) is 18.6 Å². The molecule has 1 N–H and O–H groups in total. The van der Waals surface area contributed by atoms with Crippen molar-refractivity contribution in [3.8, 4) is 0 Å². The Hall–Kier alpha value is -1.55. The number of likely N-dealkylation sites (tertiary alicyclic amines) is 1. The molecule has 0 saturated carbocycles. The van der Waals surface area contributed by atoms with Crippen LogP contribution in [0.25, 0.3) is 0 Å². The Bertz CT molecular complexity index is 585. The van der Waals surface area contributed by atoms with Crippen LogP contribution in [0, 0.1) is 0 Å². The predicted molar refractivity (Wildman–Crippen MR) is 80.9 cm³/mol. The molecule has 2 saturated heterocycles. The number of hydrogen-bond donors (Lipinski definition) is 1. The second-order valence-electron chi connectivity index (χ2n) is 6.62. The molecule has 1 unspecified atom stereocenters. The van der Waals surface area contributed by atoms with Crippen molar-refractivity contribution >= 4 is 22.4 Å². The van der Waals surface area contributed by atoms with Crippen molar-refractivity contribution in [3.05, 3.63) is 0 Å². The zero-order valence-corrected chi connectivity index (χ0v) is 14.6. The number of ether oxygens (including phenoxy) is 2. The fourth-order valence-corrected chi connectivity index (χ4v) is 3.92. The average molecular weight is 349 g/mol. The topological polar surface area (TPSA) is 105 Å². The standard InChI is InChI=1S/C13H23N3O6S/c1-9-10(5-6-15(9)11(17)22-13(2,3)4)14-23(19,20)16-7-8-21-12(16)18/h9-10,14H,5-8H2,1-4H3/t9-,10?/m0/s1. The zero-order chi connectivity index (χ0) is 17.4. The van der Waals surface area contributed by atoms with Crippen LogP contribution < -0.4 is 4.72 Å². The van der Waals surface area contributed by atoms with Crippen molar-refractivity contribution in [2.24, 2.45) is 0 Å². The van der Waals surface area contributed by atoms with Gasteiger partial charge in [0.25, 0.3) is 0 Å². The highest BCUT2D eigenvalue weighted by atomic mass is 32.2. The van der Waals surface area contributed by atoms with E-state index in [1.807, 2.05) is 0 Å². The molecular weight excluding hydrogens is 326 g/mol. The number of cyclic esters (lactones) is 1. The lowest BCUT2D eigenvalue weighted by atomic mass is 10.2. The zero-order valence-electron chi connectivity index (χ0n) is 13.7. The lowest BCUT2D eigenvalue weighted by Crippen LogP contribution is -2.50. The highest BCUT2D eigenvalue weighted by Gasteiger charge is 2.41. The highest BCUT2D eigenvalue weighted by Crippen LogP contribution is 2.22.